The first kappa shape index (κ1) is 20.6. The predicted molar refractivity (Wildman–Crippen MR) is 100 cm³/mol. The summed E-state index contributed by atoms with van der Waals surface area (Å²) < 4.78 is 50.7. The monoisotopic (exact) mass is 412 g/mol. The molecule has 2 atom stereocenters. The molecule has 0 N–H and O–H groups in total. The second-order valence-corrected chi connectivity index (χ2v) is 8.27. The molecule has 1 saturated carbocycles. The van der Waals surface area contributed by atoms with E-state index in [2.05, 4.69) is 4.90 Å². The van der Waals surface area contributed by atoms with E-state index in [9.17, 15) is 18.0 Å². The van der Waals surface area contributed by atoms with Gasteiger partial charge in [-0.15, -0.1) is 0 Å². The van der Waals surface area contributed by atoms with Gasteiger partial charge in [-0.3, -0.25) is 9.69 Å². The van der Waals surface area contributed by atoms with Crippen LogP contribution in [0.3, 0.4) is 0 Å². The van der Waals surface area contributed by atoms with Gasteiger partial charge in [0.05, 0.1) is 31.2 Å². The summed E-state index contributed by atoms with van der Waals surface area (Å²) in [6.07, 6.45) is -0.878. The van der Waals surface area contributed by atoms with Crippen molar-refractivity contribution >= 4 is 5.91 Å². The highest BCUT2D eigenvalue weighted by Gasteiger charge is 2.53. The second kappa shape index (κ2) is 7.89. The molecule has 1 aromatic carbocycles. The van der Waals surface area contributed by atoms with Crippen molar-refractivity contribution in [2.24, 2.45) is 0 Å². The van der Waals surface area contributed by atoms with Gasteiger partial charge in [-0.05, 0) is 37.6 Å². The van der Waals surface area contributed by atoms with E-state index in [1.165, 1.54) is 6.07 Å². The zero-order valence-electron chi connectivity index (χ0n) is 16.6. The Morgan fingerprint density at radius 3 is 2.55 bits per heavy atom. The summed E-state index contributed by atoms with van der Waals surface area (Å²) in [7, 11) is 1.75. The minimum Gasteiger partial charge on any atom is -0.347 e. The van der Waals surface area contributed by atoms with Gasteiger partial charge < -0.3 is 14.4 Å². The number of likely N-dealkylation sites (tertiary alicyclic amines) is 1. The van der Waals surface area contributed by atoms with Gasteiger partial charge in [-0.1, -0.05) is 18.2 Å². The van der Waals surface area contributed by atoms with Crippen LogP contribution in [0.1, 0.15) is 36.8 Å². The molecular weight excluding hydrogens is 385 g/mol. The predicted octanol–water partition coefficient (Wildman–Crippen LogP) is 3.08. The third kappa shape index (κ3) is 4.29. The highest BCUT2D eigenvalue weighted by molar-refractivity contribution is 5.79. The van der Waals surface area contributed by atoms with Crippen LogP contribution in [-0.4, -0.2) is 66.9 Å². The first-order valence-corrected chi connectivity index (χ1v) is 10.2. The molecule has 0 radical (unpaired) electrons. The normalized spacial score (nSPS) is 27.0. The lowest BCUT2D eigenvalue weighted by Gasteiger charge is -2.34. The van der Waals surface area contributed by atoms with Crippen LogP contribution in [0, 0.1) is 0 Å². The van der Waals surface area contributed by atoms with Crippen molar-refractivity contribution in [1.29, 1.82) is 0 Å². The maximum atomic E-state index is 13.0. The maximum absolute atomic E-state index is 13.0. The van der Waals surface area contributed by atoms with E-state index >= 15 is 0 Å². The Balaban J connectivity index is 1.49. The Labute approximate surface area is 168 Å². The molecular formula is C21H27F3N2O3. The highest BCUT2D eigenvalue weighted by Crippen LogP contribution is 2.42. The molecule has 1 spiro atoms. The number of amides is 1. The largest absolute Gasteiger partial charge is 0.416 e. The average molecular weight is 412 g/mol. The van der Waals surface area contributed by atoms with Gasteiger partial charge in [-0.25, -0.2) is 0 Å². The summed E-state index contributed by atoms with van der Waals surface area (Å²) >= 11 is 0. The zero-order valence-corrected chi connectivity index (χ0v) is 16.6. The van der Waals surface area contributed by atoms with Crippen LogP contribution in [0.5, 0.6) is 0 Å². The summed E-state index contributed by atoms with van der Waals surface area (Å²) in [6.45, 7) is 3.10. The summed E-state index contributed by atoms with van der Waals surface area (Å²) in [6, 6.07) is 5.07. The number of carbonyl (C=O) groups is 1. The van der Waals surface area contributed by atoms with Crippen molar-refractivity contribution in [3.63, 3.8) is 0 Å². The van der Waals surface area contributed by atoms with Gasteiger partial charge >= 0.3 is 6.18 Å². The molecule has 8 heteroatoms. The molecule has 3 fully saturated rings. The van der Waals surface area contributed by atoms with E-state index in [1.54, 1.807) is 18.0 Å². The Kier molecular flexibility index (Phi) is 5.61. The smallest absolute Gasteiger partial charge is 0.347 e. The molecule has 2 aliphatic heterocycles. The number of hydrogen-bond donors (Lipinski definition) is 0. The molecule has 4 rings (SSSR count). The van der Waals surface area contributed by atoms with Crippen molar-refractivity contribution in [3.8, 4) is 0 Å². The fraction of sp³-hybridized carbons (Fsp3) is 0.667. The standard InChI is InChI=1S/C21H27F3N2O3/c1-25(19(27)12-15-5-4-6-16(11-15)21(22,23)24)17-13-20(28-9-10-29-20)14-18(17)26-7-2-3-8-26/h4-6,11,17-18H,2-3,7-10,12-14H2,1H3. The molecule has 2 heterocycles. The number of benzene rings is 1. The quantitative estimate of drug-likeness (QED) is 0.762. The van der Waals surface area contributed by atoms with Gasteiger partial charge in [0.25, 0.3) is 0 Å². The minimum absolute atomic E-state index is 0.0572. The van der Waals surface area contributed by atoms with Crippen molar-refractivity contribution in [2.75, 3.05) is 33.4 Å². The van der Waals surface area contributed by atoms with Crippen LogP contribution in [0.25, 0.3) is 0 Å². The maximum Gasteiger partial charge on any atom is 0.416 e. The summed E-state index contributed by atoms with van der Waals surface area (Å²) in [5, 5.41) is 0. The van der Waals surface area contributed by atoms with Crippen LogP contribution in [0.15, 0.2) is 24.3 Å². The minimum atomic E-state index is -4.42. The number of carbonyl (C=O) groups excluding carboxylic acids is 1. The van der Waals surface area contributed by atoms with Gasteiger partial charge in [0, 0.05) is 25.9 Å². The van der Waals surface area contributed by atoms with Gasteiger partial charge in [0.1, 0.15) is 0 Å². The Bertz CT molecular complexity index is 743. The number of rotatable bonds is 4. The fourth-order valence-corrected chi connectivity index (χ4v) is 4.91. The van der Waals surface area contributed by atoms with E-state index in [1.807, 2.05) is 0 Å². The van der Waals surface area contributed by atoms with Gasteiger partial charge in [0.2, 0.25) is 5.91 Å². The molecule has 1 amide bonds. The molecule has 5 nitrogen and oxygen atoms in total. The molecule has 0 aromatic heterocycles. The van der Waals surface area contributed by atoms with E-state index < -0.39 is 17.5 Å². The molecule has 2 unspecified atom stereocenters. The Morgan fingerprint density at radius 1 is 1.21 bits per heavy atom. The van der Waals surface area contributed by atoms with Crippen molar-refractivity contribution in [1.82, 2.24) is 9.80 Å². The van der Waals surface area contributed by atoms with Crippen LogP contribution in [-0.2, 0) is 26.9 Å². The van der Waals surface area contributed by atoms with Gasteiger partial charge in [0.15, 0.2) is 5.79 Å². The van der Waals surface area contributed by atoms with Crippen LogP contribution in [0.2, 0.25) is 0 Å². The van der Waals surface area contributed by atoms with Crippen LogP contribution < -0.4 is 0 Å². The second-order valence-electron chi connectivity index (χ2n) is 8.27. The lowest BCUT2D eigenvalue weighted by molar-refractivity contribution is -0.156. The van der Waals surface area contributed by atoms with Crippen molar-refractivity contribution in [3.05, 3.63) is 35.4 Å². The Hall–Kier alpha value is -1.64. The molecule has 3 aliphatic rings. The summed E-state index contributed by atoms with van der Waals surface area (Å²) in [5.41, 5.74) is -0.358. The summed E-state index contributed by atoms with van der Waals surface area (Å²) in [5.74, 6) is -0.823. The third-order valence-corrected chi connectivity index (χ3v) is 6.41. The topological polar surface area (TPSA) is 42.0 Å². The lowest BCUT2D eigenvalue weighted by Crippen LogP contribution is -2.49. The number of alkyl halides is 3. The van der Waals surface area contributed by atoms with E-state index in [4.69, 9.17) is 9.47 Å². The number of hydrogen-bond acceptors (Lipinski definition) is 4. The fourth-order valence-electron chi connectivity index (χ4n) is 4.91. The van der Waals surface area contributed by atoms with E-state index in [-0.39, 0.29) is 24.4 Å². The number of ether oxygens (including phenoxy) is 2. The van der Waals surface area contributed by atoms with E-state index in [0.29, 0.717) is 25.2 Å². The average Bonchev–Trinajstić information content (AvgIpc) is 3.42. The lowest BCUT2D eigenvalue weighted by atomic mass is 10.1. The summed E-state index contributed by atoms with van der Waals surface area (Å²) in [4.78, 5) is 17.1. The van der Waals surface area contributed by atoms with E-state index in [0.717, 1.165) is 44.5 Å². The SMILES string of the molecule is CN(C(=O)Cc1cccc(C(F)(F)F)c1)C1CC2(CC1N1CCCC1)OCCO2. The first-order valence-electron chi connectivity index (χ1n) is 10.2. The third-order valence-electron chi connectivity index (χ3n) is 6.41. The molecule has 2 saturated heterocycles. The first-order chi connectivity index (χ1) is 13.8. The molecule has 1 aromatic rings. The zero-order chi connectivity index (χ0) is 20.6. The van der Waals surface area contributed by atoms with Gasteiger partial charge in [-0.2, -0.15) is 13.2 Å². The number of likely N-dealkylation sites (N-methyl/N-ethyl adjacent to an activating group) is 1. The van der Waals surface area contributed by atoms with Crippen LogP contribution >= 0.6 is 0 Å². The number of halogens is 3. The molecule has 160 valence electrons. The molecule has 0 bridgehead atoms. The molecule has 29 heavy (non-hydrogen) atoms. The van der Waals surface area contributed by atoms with Crippen molar-refractivity contribution < 1.29 is 27.4 Å². The van der Waals surface area contributed by atoms with Crippen LogP contribution in [0.4, 0.5) is 13.2 Å². The highest BCUT2D eigenvalue weighted by atomic mass is 19.4. The number of nitrogens with zero attached hydrogens (tertiary/aromatic N) is 2. The molecule has 1 aliphatic carbocycles. The van der Waals surface area contributed by atoms with Crippen molar-refractivity contribution in [2.45, 2.75) is 56.2 Å². The Morgan fingerprint density at radius 2 is 1.90 bits per heavy atom.